The van der Waals surface area contributed by atoms with Gasteiger partial charge in [-0.3, -0.25) is 0 Å². The van der Waals surface area contributed by atoms with Gasteiger partial charge in [0, 0.05) is 12.1 Å². The topological polar surface area (TPSA) is 25.2 Å². The van der Waals surface area contributed by atoms with Crippen LogP contribution >= 0.6 is 0 Å². The Morgan fingerprint density at radius 1 is 1.55 bits per heavy atom. The quantitative estimate of drug-likeness (QED) is 0.616. The maximum atomic E-state index is 5.08. The molecule has 0 aliphatic carbocycles. The Kier molecular flexibility index (Phi) is 1.55. The summed E-state index contributed by atoms with van der Waals surface area (Å²) in [6.45, 7) is 3.03. The third kappa shape index (κ3) is 1.10. The Morgan fingerprint density at radius 3 is 3.00 bits per heavy atom. The first-order valence-corrected chi connectivity index (χ1v) is 3.80. The van der Waals surface area contributed by atoms with Gasteiger partial charge in [0.25, 0.3) is 0 Å². The summed E-state index contributed by atoms with van der Waals surface area (Å²) >= 11 is 0. The van der Waals surface area contributed by atoms with Crippen LogP contribution in [0.4, 0.5) is 0 Å². The number of rotatable bonds is 1. The van der Waals surface area contributed by atoms with E-state index in [4.69, 9.17) is 4.42 Å². The molecule has 0 bridgehead atoms. The third-order valence-electron chi connectivity index (χ3n) is 2.01. The largest absolute Gasteiger partial charge is 0.472 e. The lowest BCUT2D eigenvalue weighted by Gasteiger charge is -2.06. The van der Waals surface area contributed by atoms with Crippen molar-refractivity contribution in [3.8, 4) is 0 Å². The summed E-state index contributed by atoms with van der Waals surface area (Å²) in [7, 11) is 0. The molecule has 1 aromatic rings. The molecule has 1 aliphatic rings. The molecule has 0 radical (unpaired) electrons. The van der Waals surface area contributed by atoms with E-state index in [1.807, 2.05) is 6.26 Å². The molecule has 1 atom stereocenters. The molecular weight excluding hydrogens is 138 g/mol. The smallest absolute Gasteiger partial charge is 0.0956 e. The summed E-state index contributed by atoms with van der Waals surface area (Å²) in [5, 5.41) is 3.33. The second kappa shape index (κ2) is 2.55. The van der Waals surface area contributed by atoms with E-state index >= 15 is 0 Å². The fraction of sp³-hybridized carbons (Fsp3) is 0.333. The Hall–Kier alpha value is -1.02. The lowest BCUT2D eigenvalue weighted by Crippen LogP contribution is -2.13. The van der Waals surface area contributed by atoms with Crippen molar-refractivity contribution in [2.24, 2.45) is 0 Å². The molecule has 11 heavy (non-hydrogen) atoms. The van der Waals surface area contributed by atoms with Gasteiger partial charge in [0.2, 0.25) is 0 Å². The van der Waals surface area contributed by atoms with Gasteiger partial charge in [-0.1, -0.05) is 12.2 Å². The normalized spacial score (nSPS) is 22.8. The van der Waals surface area contributed by atoms with Gasteiger partial charge in [-0.15, -0.1) is 0 Å². The van der Waals surface area contributed by atoms with Gasteiger partial charge >= 0.3 is 0 Å². The van der Waals surface area contributed by atoms with Crippen molar-refractivity contribution in [2.75, 3.05) is 6.54 Å². The van der Waals surface area contributed by atoms with Crippen LogP contribution in [-0.4, -0.2) is 6.54 Å². The SMILES string of the molecule is Cc1cocc1C1C=CCN1. The Labute approximate surface area is 65.9 Å². The minimum absolute atomic E-state index is 0.369. The molecule has 2 nitrogen and oxygen atoms in total. The second-order valence-electron chi connectivity index (χ2n) is 2.82. The third-order valence-corrected chi connectivity index (χ3v) is 2.01. The fourth-order valence-corrected chi connectivity index (χ4v) is 1.37. The summed E-state index contributed by atoms with van der Waals surface area (Å²) < 4.78 is 5.08. The minimum atomic E-state index is 0.369. The molecule has 2 rings (SSSR count). The highest BCUT2D eigenvalue weighted by Crippen LogP contribution is 2.21. The van der Waals surface area contributed by atoms with Gasteiger partial charge in [0.15, 0.2) is 0 Å². The second-order valence-corrected chi connectivity index (χ2v) is 2.82. The van der Waals surface area contributed by atoms with Gasteiger partial charge in [0.1, 0.15) is 0 Å². The van der Waals surface area contributed by atoms with E-state index in [-0.39, 0.29) is 0 Å². The van der Waals surface area contributed by atoms with Crippen molar-refractivity contribution in [3.05, 3.63) is 35.8 Å². The first-order valence-electron chi connectivity index (χ1n) is 3.80. The van der Waals surface area contributed by atoms with Crippen LogP contribution in [0.1, 0.15) is 17.2 Å². The number of furan rings is 1. The first kappa shape index (κ1) is 6.68. The van der Waals surface area contributed by atoms with Crippen LogP contribution in [-0.2, 0) is 0 Å². The van der Waals surface area contributed by atoms with Crippen LogP contribution in [0.15, 0.2) is 29.1 Å². The van der Waals surface area contributed by atoms with Crippen molar-refractivity contribution in [2.45, 2.75) is 13.0 Å². The zero-order valence-electron chi connectivity index (χ0n) is 6.50. The van der Waals surface area contributed by atoms with Crippen molar-refractivity contribution in [3.63, 3.8) is 0 Å². The molecule has 0 amide bonds. The number of hydrogen-bond acceptors (Lipinski definition) is 2. The van der Waals surface area contributed by atoms with Gasteiger partial charge < -0.3 is 9.73 Å². The lowest BCUT2D eigenvalue weighted by atomic mass is 10.1. The van der Waals surface area contributed by atoms with Crippen molar-refractivity contribution < 1.29 is 4.42 Å². The van der Waals surface area contributed by atoms with Crippen molar-refractivity contribution >= 4 is 0 Å². The van der Waals surface area contributed by atoms with Crippen LogP contribution in [0.5, 0.6) is 0 Å². The molecule has 1 aliphatic heterocycles. The van der Waals surface area contributed by atoms with Crippen LogP contribution in [0.25, 0.3) is 0 Å². The van der Waals surface area contributed by atoms with E-state index in [0.29, 0.717) is 6.04 Å². The molecule has 2 heteroatoms. The molecule has 0 saturated carbocycles. The molecule has 1 N–H and O–H groups in total. The maximum absolute atomic E-state index is 5.08. The standard InChI is InChI=1S/C9H11NO/c1-7-5-11-6-8(7)9-3-2-4-10-9/h2-3,5-6,9-10H,4H2,1H3. The van der Waals surface area contributed by atoms with Crippen LogP contribution in [0.3, 0.4) is 0 Å². The average molecular weight is 149 g/mol. The van der Waals surface area contributed by atoms with Crippen LogP contribution < -0.4 is 5.32 Å². The summed E-state index contributed by atoms with van der Waals surface area (Å²) in [5.74, 6) is 0. The zero-order valence-corrected chi connectivity index (χ0v) is 6.50. The molecule has 0 saturated heterocycles. The van der Waals surface area contributed by atoms with E-state index in [9.17, 15) is 0 Å². The number of nitrogens with one attached hydrogen (secondary N) is 1. The monoisotopic (exact) mass is 149 g/mol. The Morgan fingerprint density at radius 2 is 2.45 bits per heavy atom. The number of aryl methyl sites for hydroxylation is 1. The van der Waals surface area contributed by atoms with Crippen LogP contribution in [0, 0.1) is 6.92 Å². The summed E-state index contributed by atoms with van der Waals surface area (Å²) in [4.78, 5) is 0. The lowest BCUT2D eigenvalue weighted by molar-refractivity contribution is 0.558. The predicted molar refractivity (Wildman–Crippen MR) is 43.3 cm³/mol. The molecule has 2 heterocycles. The summed E-state index contributed by atoms with van der Waals surface area (Å²) in [6, 6.07) is 0.369. The highest BCUT2D eigenvalue weighted by Gasteiger charge is 2.13. The Bertz CT molecular complexity index is 275. The molecule has 1 unspecified atom stereocenters. The molecular formula is C9H11NO. The summed E-state index contributed by atoms with van der Waals surface area (Å²) in [5.41, 5.74) is 2.47. The molecule has 1 aromatic heterocycles. The van der Waals surface area contributed by atoms with Gasteiger partial charge in [-0.05, 0) is 12.5 Å². The van der Waals surface area contributed by atoms with Gasteiger partial charge in [-0.2, -0.15) is 0 Å². The molecule has 58 valence electrons. The average Bonchev–Trinajstić information content (AvgIpc) is 2.55. The predicted octanol–water partition coefficient (Wildman–Crippen LogP) is 1.79. The first-order chi connectivity index (χ1) is 5.38. The Balaban J connectivity index is 2.28. The van der Waals surface area contributed by atoms with E-state index in [1.54, 1.807) is 6.26 Å². The van der Waals surface area contributed by atoms with Gasteiger partial charge in [-0.25, -0.2) is 0 Å². The van der Waals surface area contributed by atoms with Crippen LogP contribution in [0.2, 0.25) is 0 Å². The summed E-state index contributed by atoms with van der Waals surface area (Å²) in [6.07, 6.45) is 7.89. The fourth-order valence-electron chi connectivity index (χ4n) is 1.37. The molecule has 0 aromatic carbocycles. The molecule has 0 spiro atoms. The van der Waals surface area contributed by atoms with Crippen molar-refractivity contribution in [1.82, 2.24) is 5.32 Å². The van der Waals surface area contributed by atoms with E-state index in [0.717, 1.165) is 6.54 Å². The maximum Gasteiger partial charge on any atom is 0.0956 e. The van der Waals surface area contributed by atoms with Crippen molar-refractivity contribution in [1.29, 1.82) is 0 Å². The highest BCUT2D eigenvalue weighted by molar-refractivity contribution is 5.28. The number of hydrogen-bond donors (Lipinski definition) is 1. The van der Waals surface area contributed by atoms with E-state index < -0.39 is 0 Å². The zero-order chi connectivity index (χ0) is 7.68. The molecule has 0 fully saturated rings. The van der Waals surface area contributed by atoms with E-state index in [2.05, 4.69) is 24.4 Å². The van der Waals surface area contributed by atoms with Gasteiger partial charge in [0.05, 0.1) is 18.6 Å². The van der Waals surface area contributed by atoms with E-state index in [1.165, 1.54) is 11.1 Å². The highest BCUT2D eigenvalue weighted by atomic mass is 16.3. The minimum Gasteiger partial charge on any atom is -0.472 e.